The standard InChI is InChI=1S/C21H19ClN6O10S/c1-36-20(33)17-16(19(32)26-17)25-18(31)15(12-9-39-21(23-12)24-13(29)6-22)27-38-8-14(30)37-7-10-2-4-11(5-3-10)28(34)35/h2-5,9,16-17H,6-8H2,1H3,(H,25,31)(H,26,32)(H,23,24,29)/b27-15-. The first-order valence-electron chi connectivity index (χ1n) is 10.7. The molecule has 1 fully saturated rings. The third-order valence-electron chi connectivity index (χ3n) is 4.87. The maximum atomic E-state index is 12.9. The molecule has 18 heteroatoms. The van der Waals surface area contributed by atoms with Gasteiger partial charge in [0, 0.05) is 17.5 Å². The van der Waals surface area contributed by atoms with Gasteiger partial charge in [0.05, 0.1) is 12.0 Å². The highest BCUT2D eigenvalue weighted by Gasteiger charge is 2.46. The molecule has 0 spiro atoms. The molecule has 1 aromatic carbocycles. The number of nitrogens with zero attached hydrogens (tertiary/aromatic N) is 3. The number of oxime groups is 1. The van der Waals surface area contributed by atoms with E-state index in [9.17, 15) is 34.1 Å². The normalized spacial score (nSPS) is 16.3. The van der Waals surface area contributed by atoms with Gasteiger partial charge >= 0.3 is 11.9 Å². The number of carbonyl (C=O) groups is 5. The molecule has 39 heavy (non-hydrogen) atoms. The molecule has 1 aliphatic rings. The number of hydrogen-bond donors (Lipinski definition) is 3. The summed E-state index contributed by atoms with van der Waals surface area (Å²) in [5.74, 6) is -4.20. The molecule has 206 valence electrons. The number of methoxy groups -OCH3 is 1. The van der Waals surface area contributed by atoms with Gasteiger partial charge in [-0.1, -0.05) is 5.16 Å². The van der Waals surface area contributed by atoms with Gasteiger partial charge in [-0.3, -0.25) is 24.5 Å². The Balaban J connectivity index is 1.67. The summed E-state index contributed by atoms with van der Waals surface area (Å²) in [6, 6.07) is 2.93. The Kier molecular flexibility index (Phi) is 9.82. The fraction of sp³-hybridized carbons (Fsp3) is 0.286. The molecule has 0 aliphatic carbocycles. The van der Waals surface area contributed by atoms with E-state index >= 15 is 0 Å². The molecule has 1 saturated heterocycles. The summed E-state index contributed by atoms with van der Waals surface area (Å²) in [5.41, 5.74) is -0.219. The van der Waals surface area contributed by atoms with E-state index < -0.39 is 59.0 Å². The predicted molar refractivity (Wildman–Crippen MR) is 133 cm³/mol. The minimum Gasteiger partial charge on any atom is -0.467 e. The summed E-state index contributed by atoms with van der Waals surface area (Å²) < 4.78 is 9.58. The number of esters is 2. The summed E-state index contributed by atoms with van der Waals surface area (Å²) in [6.07, 6.45) is 0. The van der Waals surface area contributed by atoms with E-state index in [1.165, 1.54) is 29.6 Å². The van der Waals surface area contributed by atoms with Crippen LogP contribution in [0.4, 0.5) is 10.8 Å². The number of rotatable bonds is 12. The largest absolute Gasteiger partial charge is 0.467 e. The van der Waals surface area contributed by atoms with Crippen molar-refractivity contribution in [3.63, 3.8) is 0 Å². The number of aromatic nitrogens is 1. The minimum absolute atomic E-state index is 0.0764. The van der Waals surface area contributed by atoms with Crippen molar-refractivity contribution in [2.24, 2.45) is 5.16 Å². The summed E-state index contributed by atoms with van der Waals surface area (Å²) in [6.45, 7) is -0.947. The van der Waals surface area contributed by atoms with Crippen molar-refractivity contribution in [3.05, 3.63) is 51.0 Å². The van der Waals surface area contributed by atoms with Crippen LogP contribution in [0, 0.1) is 10.1 Å². The molecule has 1 aliphatic heterocycles. The van der Waals surface area contributed by atoms with Crippen LogP contribution in [-0.2, 0) is 44.9 Å². The van der Waals surface area contributed by atoms with E-state index in [4.69, 9.17) is 21.2 Å². The van der Waals surface area contributed by atoms with Crippen molar-refractivity contribution >= 4 is 69.1 Å². The highest BCUT2D eigenvalue weighted by Crippen LogP contribution is 2.18. The van der Waals surface area contributed by atoms with E-state index in [0.29, 0.717) is 5.56 Å². The number of hydrogen-bond acceptors (Lipinski definition) is 13. The van der Waals surface area contributed by atoms with Crippen molar-refractivity contribution in [1.82, 2.24) is 15.6 Å². The van der Waals surface area contributed by atoms with Gasteiger partial charge in [-0.2, -0.15) is 0 Å². The maximum absolute atomic E-state index is 12.9. The summed E-state index contributed by atoms with van der Waals surface area (Å²) in [5, 5.41) is 22.8. The molecule has 2 aromatic rings. The van der Waals surface area contributed by atoms with Gasteiger partial charge in [0.2, 0.25) is 18.4 Å². The third-order valence-corrected chi connectivity index (χ3v) is 5.87. The number of alkyl halides is 1. The van der Waals surface area contributed by atoms with E-state index in [1.807, 2.05) is 0 Å². The van der Waals surface area contributed by atoms with E-state index in [1.54, 1.807) is 0 Å². The van der Waals surface area contributed by atoms with E-state index in [0.717, 1.165) is 18.4 Å². The van der Waals surface area contributed by atoms with Gasteiger partial charge in [-0.05, 0) is 17.7 Å². The molecule has 3 amide bonds. The number of non-ortho nitro benzene ring substituents is 1. The number of halogens is 1. The maximum Gasteiger partial charge on any atom is 0.347 e. The minimum atomic E-state index is -1.27. The van der Waals surface area contributed by atoms with Gasteiger partial charge in [-0.15, -0.1) is 22.9 Å². The van der Waals surface area contributed by atoms with Crippen LogP contribution in [0.5, 0.6) is 0 Å². The lowest BCUT2D eigenvalue weighted by Gasteiger charge is -2.34. The lowest BCUT2D eigenvalue weighted by Crippen LogP contribution is -2.72. The van der Waals surface area contributed by atoms with Crippen LogP contribution in [0.15, 0.2) is 34.8 Å². The Morgan fingerprint density at radius 2 is 1.97 bits per heavy atom. The third kappa shape index (κ3) is 7.68. The van der Waals surface area contributed by atoms with Crippen molar-refractivity contribution in [2.45, 2.75) is 18.7 Å². The molecular formula is C21H19ClN6O10S. The zero-order valence-corrected chi connectivity index (χ0v) is 21.4. The molecule has 2 atom stereocenters. The van der Waals surface area contributed by atoms with Gasteiger partial charge < -0.3 is 30.3 Å². The predicted octanol–water partition coefficient (Wildman–Crippen LogP) is -0.151. The first-order valence-corrected chi connectivity index (χ1v) is 12.1. The molecule has 0 radical (unpaired) electrons. The zero-order chi connectivity index (χ0) is 28.5. The van der Waals surface area contributed by atoms with Gasteiger partial charge in [0.15, 0.2) is 16.9 Å². The molecule has 2 unspecified atom stereocenters. The zero-order valence-electron chi connectivity index (χ0n) is 19.9. The lowest BCUT2D eigenvalue weighted by molar-refractivity contribution is -0.384. The van der Waals surface area contributed by atoms with Crippen LogP contribution in [-0.4, -0.2) is 77.0 Å². The Labute approximate surface area is 227 Å². The fourth-order valence-electron chi connectivity index (χ4n) is 2.93. The second kappa shape index (κ2) is 13.2. The van der Waals surface area contributed by atoms with Gasteiger partial charge in [0.25, 0.3) is 11.6 Å². The average Bonchev–Trinajstić information content (AvgIpc) is 3.38. The number of amides is 3. The van der Waals surface area contributed by atoms with Crippen LogP contribution in [0.2, 0.25) is 0 Å². The number of nitro groups is 1. The number of carbonyl (C=O) groups excluding carboxylic acids is 5. The fourth-order valence-corrected chi connectivity index (χ4v) is 3.71. The summed E-state index contributed by atoms with van der Waals surface area (Å²) in [4.78, 5) is 79.4. The SMILES string of the molecule is COC(=O)C1NC(=O)C1NC(=O)/C(=N\OCC(=O)OCc1ccc([N+](=O)[O-])cc1)c1csc(NC(=O)CCl)n1. The molecule has 3 N–H and O–H groups in total. The Hall–Kier alpha value is -4.64. The Morgan fingerprint density at radius 1 is 1.26 bits per heavy atom. The van der Waals surface area contributed by atoms with Crippen LogP contribution >= 0.6 is 22.9 Å². The molecule has 0 bridgehead atoms. The number of β-lactam (4-membered cyclic amide) rings is 1. The van der Waals surface area contributed by atoms with Crippen LogP contribution in [0.3, 0.4) is 0 Å². The van der Waals surface area contributed by atoms with Crippen molar-refractivity contribution in [1.29, 1.82) is 0 Å². The smallest absolute Gasteiger partial charge is 0.347 e. The van der Waals surface area contributed by atoms with Crippen LogP contribution < -0.4 is 16.0 Å². The Morgan fingerprint density at radius 3 is 2.59 bits per heavy atom. The second-order valence-corrected chi connectivity index (χ2v) is 8.60. The van der Waals surface area contributed by atoms with Crippen molar-refractivity contribution < 1.29 is 43.2 Å². The van der Waals surface area contributed by atoms with Gasteiger partial charge in [-0.25, -0.2) is 14.6 Å². The van der Waals surface area contributed by atoms with Crippen LogP contribution in [0.25, 0.3) is 0 Å². The van der Waals surface area contributed by atoms with E-state index in [-0.39, 0.29) is 29.0 Å². The quantitative estimate of drug-likeness (QED) is 0.0746. The topological polar surface area (TPSA) is 218 Å². The summed E-state index contributed by atoms with van der Waals surface area (Å²) in [7, 11) is 1.11. The number of nitrogens with one attached hydrogen (secondary N) is 3. The molecular weight excluding hydrogens is 564 g/mol. The van der Waals surface area contributed by atoms with Crippen molar-refractivity contribution in [3.8, 4) is 0 Å². The number of anilines is 1. The molecule has 1 aromatic heterocycles. The molecule has 16 nitrogen and oxygen atoms in total. The monoisotopic (exact) mass is 582 g/mol. The number of ether oxygens (including phenoxy) is 2. The molecule has 0 saturated carbocycles. The highest BCUT2D eigenvalue weighted by molar-refractivity contribution is 7.14. The second-order valence-electron chi connectivity index (χ2n) is 7.48. The molecule has 2 heterocycles. The van der Waals surface area contributed by atoms with Crippen LogP contribution in [0.1, 0.15) is 11.3 Å². The van der Waals surface area contributed by atoms with Crippen molar-refractivity contribution in [2.75, 3.05) is 24.9 Å². The average molecular weight is 583 g/mol. The first kappa shape index (κ1) is 28.9. The lowest BCUT2D eigenvalue weighted by atomic mass is 9.99. The number of thiazole rings is 1. The van der Waals surface area contributed by atoms with Gasteiger partial charge in [0.1, 0.15) is 24.2 Å². The summed E-state index contributed by atoms with van der Waals surface area (Å²) >= 11 is 6.39. The number of nitro benzene ring substituents is 1. The van der Waals surface area contributed by atoms with E-state index in [2.05, 4.69) is 30.8 Å². The highest BCUT2D eigenvalue weighted by atomic mass is 35.5. The first-order chi connectivity index (χ1) is 18.6. The Bertz CT molecular complexity index is 1310. The molecule has 3 rings (SSSR count). The number of benzene rings is 1.